The summed E-state index contributed by atoms with van der Waals surface area (Å²) in [6, 6.07) is 14.4. The largest absolute Gasteiger partial charge is 0.373 e. The van der Waals surface area contributed by atoms with Crippen LogP contribution in [-0.2, 0) is 14.8 Å². The molecule has 3 rings (SSSR count). The van der Waals surface area contributed by atoms with E-state index in [2.05, 4.69) is 5.32 Å². The first-order chi connectivity index (χ1) is 14.7. The molecule has 7 nitrogen and oxygen atoms in total. The van der Waals surface area contributed by atoms with E-state index in [1.54, 1.807) is 29.2 Å². The highest BCUT2D eigenvalue weighted by atomic mass is 32.2. The summed E-state index contributed by atoms with van der Waals surface area (Å²) in [5.74, 6) is -0.482. The molecule has 8 heteroatoms. The minimum Gasteiger partial charge on any atom is -0.373 e. The normalized spacial score (nSPS) is 15.4. The number of piperazine rings is 1. The lowest BCUT2D eigenvalue weighted by molar-refractivity contribution is -0.112. The second-order valence-electron chi connectivity index (χ2n) is 7.68. The fourth-order valence-corrected chi connectivity index (χ4v) is 4.82. The van der Waals surface area contributed by atoms with Crippen molar-refractivity contribution in [2.45, 2.75) is 25.7 Å². The van der Waals surface area contributed by atoms with Crippen LogP contribution in [0.3, 0.4) is 0 Å². The Kier molecular flexibility index (Phi) is 6.78. The molecule has 0 unspecified atom stereocenters. The lowest BCUT2D eigenvalue weighted by atomic mass is 10.1. The molecule has 1 fully saturated rings. The van der Waals surface area contributed by atoms with Crippen LogP contribution in [0.2, 0.25) is 0 Å². The summed E-state index contributed by atoms with van der Waals surface area (Å²) in [7, 11) is -3.56. The number of carbonyl (C=O) groups excluding carboxylic acids is 1. The molecule has 1 aliphatic heterocycles. The van der Waals surface area contributed by atoms with Gasteiger partial charge in [-0.2, -0.15) is 9.57 Å². The lowest BCUT2D eigenvalue weighted by Crippen LogP contribution is -2.46. The molecule has 1 saturated heterocycles. The zero-order chi connectivity index (χ0) is 22.6. The average molecular weight is 439 g/mol. The van der Waals surface area contributed by atoms with Crippen LogP contribution in [0.15, 0.2) is 59.1 Å². The van der Waals surface area contributed by atoms with E-state index in [1.165, 1.54) is 10.5 Å². The van der Waals surface area contributed by atoms with Crippen LogP contribution in [0.1, 0.15) is 16.7 Å². The molecule has 0 saturated carbocycles. The second kappa shape index (κ2) is 9.33. The van der Waals surface area contributed by atoms with Crippen LogP contribution in [-0.4, -0.2) is 49.7 Å². The van der Waals surface area contributed by atoms with Gasteiger partial charge in [-0.15, -0.1) is 0 Å². The van der Waals surface area contributed by atoms with Crippen molar-refractivity contribution in [3.8, 4) is 6.07 Å². The Morgan fingerprint density at radius 3 is 2.19 bits per heavy atom. The summed E-state index contributed by atoms with van der Waals surface area (Å²) in [6.45, 7) is 7.13. The minimum atomic E-state index is -3.56. The van der Waals surface area contributed by atoms with Gasteiger partial charge in [-0.25, -0.2) is 8.42 Å². The number of nitrogens with zero attached hydrogens (tertiary/aromatic N) is 3. The van der Waals surface area contributed by atoms with Gasteiger partial charge in [-0.1, -0.05) is 35.4 Å². The van der Waals surface area contributed by atoms with Gasteiger partial charge in [0, 0.05) is 38.1 Å². The van der Waals surface area contributed by atoms with Gasteiger partial charge in [0.15, 0.2) is 0 Å². The fourth-order valence-electron chi connectivity index (χ4n) is 3.40. The predicted octanol–water partition coefficient (Wildman–Crippen LogP) is 2.96. The summed E-state index contributed by atoms with van der Waals surface area (Å²) < 4.78 is 27.1. The Morgan fingerprint density at radius 2 is 1.61 bits per heavy atom. The quantitative estimate of drug-likeness (QED) is 0.572. The summed E-state index contributed by atoms with van der Waals surface area (Å²) in [5.41, 5.74) is 3.64. The topological polar surface area (TPSA) is 93.5 Å². The number of hydrogen-bond acceptors (Lipinski definition) is 5. The highest BCUT2D eigenvalue weighted by Crippen LogP contribution is 2.20. The maximum atomic E-state index is 12.8. The molecule has 162 valence electrons. The van der Waals surface area contributed by atoms with E-state index in [0.29, 0.717) is 18.8 Å². The molecule has 1 N–H and O–H groups in total. The Labute approximate surface area is 183 Å². The van der Waals surface area contributed by atoms with Crippen LogP contribution in [0, 0.1) is 32.1 Å². The van der Waals surface area contributed by atoms with Gasteiger partial charge >= 0.3 is 0 Å². The smallest absolute Gasteiger partial charge is 0.267 e. The molecule has 1 amide bonds. The first-order valence-corrected chi connectivity index (χ1v) is 11.5. The van der Waals surface area contributed by atoms with Gasteiger partial charge in [0.25, 0.3) is 5.91 Å². The van der Waals surface area contributed by atoms with Crippen molar-refractivity contribution in [3.05, 3.63) is 70.9 Å². The van der Waals surface area contributed by atoms with Crippen molar-refractivity contribution >= 4 is 21.6 Å². The lowest BCUT2D eigenvalue weighted by Gasteiger charge is -2.33. The number of sulfonamides is 1. The molecule has 2 aromatic carbocycles. The number of nitrogens with one attached hydrogen (secondary N) is 1. The third-order valence-electron chi connectivity index (χ3n) is 5.24. The average Bonchev–Trinajstić information content (AvgIpc) is 2.74. The van der Waals surface area contributed by atoms with Crippen molar-refractivity contribution in [1.29, 1.82) is 5.26 Å². The summed E-state index contributed by atoms with van der Waals surface area (Å²) in [4.78, 5) is 14.6. The number of aryl methyl sites for hydroxylation is 3. The van der Waals surface area contributed by atoms with Crippen LogP contribution < -0.4 is 5.32 Å². The molecular weight excluding hydrogens is 412 g/mol. The molecule has 31 heavy (non-hydrogen) atoms. The number of rotatable bonds is 5. The van der Waals surface area contributed by atoms with E-state index >= 15 is 0 Å². The molecule has 1 heterocycles. The molecule has 2 aromatic rings. The van der Waals surface area contributed by atoms with E-state index in [-0.39, 0.29) is 23.6 Å². The summed E-state index contributed by atoms with van der Waals surface area (Å²) >= 11 is 0. The number of anilines is 1. The summed E-state index contributed by atoms with van der Waals surface area (Å²) in [5, 5.41) is 12.2. The Morgan fingerprint density at radius 1 is 1.00 bits per heavy atom. The molecule has 0 spiro atoms. The fraction of sp³-hybridized carbons (Fsp3) is 0.304. The van der Waals surface area contributed by atoms with Gasteiger partial charge in [0.05, 0.1) is 4.90 Å². The molecule has 0 bridgehead atoms. The van der Waals surface area contributed by atoms with Gasteiger partial charge < -0.3 is 10.2 Å². The third-order valence-corrected chi connectivity index (χ3v) is 7.15. The Bertz CT molecular complexity index is 1140. The molecule has 0 radical (unpaired) electrons. The van der Waals surface area contributed by atoms with Gasteiger partial charge in [0.2, 0.25) is 10.0 Å². The predicted molar refractivity (Wildman–Crippen MR) is 120 cm³/mol. The Hall–Kier alpha value is -3.15. The van der Waals surface area contributed by atoms with E-state index < -0.39 is 15.9 Å². The van der Waals surface area contributed by atoms with Crippen molar-refractivity contribution in [1.82, 2.24) is 9.21 Å². The maximum absolute atomic E-state index is 12.8. The molecule has 0 aromatic heterocycles. The van der Waals surface area contributed by atoms with Crippen LogP contribution in [0.25, 0.3) is 0 Å². The number of hydrogen-bond donors (Lipinski definition) is 1. The van der Waals surface area contributed by atoms with E-state index in [0.717, 1.165) is 16.7 Å². The van der Waals surface area contributed by atoms with Gasteiger partial charge in [-0.05, 0) is 44.5 Å². The SMILES string of the molecule is Cc1ccc(S(=O)(=O)N2CCN(/C=C(/C#N)C(=O)Nc3ccc(C)cc3C)CC2)cc1. The first kappa shape index (κ1) is 22.5. The first-order valence-electron chi connectivity index (χ1n) is 10.0. The molecular formula is C23H26N4O3S. The van der Waals surface area contributed by atoms with Crippen molar-refractivity contribution in [2.24, 2.45) is 0 Å². The molecule has 0 atom stereocenters. The van der Waals surface area contributed by atoms with E-state index in [1.807, 2.05) is 45.0 Å². The molecule has 1 aliphatic rings. The maximum Gasteiger partial charge on any atom is 0.267 e. The highest BCUT2D eigenvalue weighted by molar-refractivity contribution is 7.89. The number of carbonyl (C=O) groups is 1. The standard InChI is InChI=1S/C23H26N4O3S/c1-17-4-7-21(8-5-17)31(29,30)27-12-10-26(11-13-27)16-20(15-24)23(28)25-22-9-6-18(2)14-19(22)3/h4-9,14,16H,10-13H2,1-3H3,(H,25,28)/b20-16-. The van der Waals surface area contributed by atoms with Gasteiger partial charge in [0.1, 0.15) is 11.6 Å². The van der Waals surface area contributed by atoms with E-state index in [4.69, 9.17) is 0 Å². The van der Waals surface area contributed by atoms with Crippen LogP contribution >= 0.6 is 0 Å². The van der Waals surface area contributed by atoms with Crippen molar-refractivity contribution < 1.29 is 13.2 Å². The molecule has 0 aliphatic carbocycles. The monoisotopic (exact) mass is 438 g/mol. The zero-order valence-corrected chi connectivity index (χ0v) is 18.7. The van der Waals surface area contributed by atoms with Crippen molar-refractivity contribution in [3.63, 3.8) is 0 Å². The highest BCUT2D eigenvalue weighted by Gasteiger charge is 2.28. The summed E-state index contributed by atoms with van der Waals surface area (Å²) in [6.07, 6.45) is 1.51. The van der Waals surface area contributed by atoms with Crippen LogP contribution in [0.5, 0.6) is 0 Å². The number of nitriles is 1. The van der Waals surface area contributed by atoms with Gasteiger partial charge in [-0.3, -0.25) is 4.79 Å². The second-order valence-corrected chi connectivity index (χ2v) is 9.62. The van der Waals surface area contributed by atoms with E-state index in [9.17, 15) is 18.5 Å². The zero-order valence-electron chi connectivity index (χ0n) is 17.9. The van der Waals surface area contributed by atoms with Crippen molar-refractivity contribution in [2.75, 3.05) is 31.5 Å². The number of benzene rings is 2. The number of amides is 1. The minimum absolute atomic E-state index is 0.0187. The third kappa shape index (κ3) is 5.32. The van der Waals surface area contributed by atoms with Crippen LogP contribution in [0.4, 0.5) is 5.69 Å². The Balaban J connectivity index is 1.65.